The summed E-state index contributed by atoms with van der Waals surface area (Å²) in [6.45, 7) is 1.99. The van der Waals surface area contributed by atoms with Gasteiger partial charge in [0.05, 0.1) is 13.5 Å². The van der Waals surface area contributed by atoms with Gasteiger partial charge >= 0.3 is 5.97 Å². The summed E-state index contributed by atoms with van der Waals surface area (Å²) in [5, 5.41) is 5.05. The minimum absolute atomic E-state index is 0.200. The molecule has 3 aromatic rings. The van der Waals surface area contributed by atoms with E-state index in [4.69, 9.17) is 4.74 Å². The first kappa shape index (κ1) is 18.6. The van der Waals surface area contributed by atoms with Gasteiger partial charge in [-0.25, -0.2) is 4.79 Å². The first-order valence-corrected chi connectivity index (χ1v) is 8.96. The van der Waals surface area contributed by atoms with Crippen LogP contribution in [0.4, 0.5) is 0 Å². The third kappa shape index (κ3) is 4.73. The molecule has 0 heterocycles. The van der Waals surface area contributed by atoms with Crippen molar-refractivity contribution >= 4 is 22.6 Å². The van der Waals surface area contributed by atoms with Crippen LogP contribution in [-0.4, -0.2) is 25.0 Å². The maximum absolute atomic E-state index is 12.5. The van der Waals surface area contributed by atoms with Crippen LogP contribution in [0, 0.1) is 6.92 Å². The Morgan fingerprint density at radius 3 is 2.41 bits per heavy atom. The van der Waals surface area contributed by atoms with E-state index in [2.05, 4.69) is 5.32 Å². The lowest BCUT2D eigenvalue weighted by Crippen LogP contribution is -2.43. The smallest absolute Gasteiger partial charge is 0.328 e. The number of carbonyl (C=O) groups is 2. The van der Waals surface area contributed by atoms with Gasteiger partial charge in [0.2, 0.25) is 5.91 Å². The molecule has 0 spiro atoms. The van der Waals surface area contributed by atoms with Crippen molar-refractivity contribution in [2.24, 2.45) is 0 Å². The van der Waals surface area contributed by atoms with Gasteiger partial charge < -0.3 is 10.1 Å². The van der Waals surface area contributed by atoms with E-state index in [0.717, 1.165) is 27.5 Å². The maximum atomic E-state index is 12.5. The van der Waals surface area contributed by atoms with Crippen LogP contribution in [0.1, 0.15) is 16.7 Å². The van der Waals surface area contributed by atoms with Crippen molar-refractivity contribution < 1.29 is 14.3 Å². The molecule has 0 aliphatic rings. The second-order valence-corrected chi connectivity index (χ2v) is 6.63. The quantitative estimate of drug-likeness (QED) is 0.683. The highest BCUT2D eigenvalue weighted by Gasteiger charge is 2.22. The van der Waals surface area contributed by atoms with Crippen molar-refractivity contribution in [2.75, 3.05) is 7.11 Å². The van der Waals surface area contributed by atoms with Gasteiger partial charge in [-0.1, -0.05) is 66.7 Å². The molecule has 0 radical (unpaired) electrons. The number of esters is 1. The maximum Gasteiger partial charge on any atom is 0.328 e. The molecule has 1 atom stereocenters. The lowest BCUT2D eigenvalue weighted by molar-refractivity contribution is -0.145. The average molecular weight is 361 g/mol. The first-order chi connectivity index (χ1) is 13.1. The van der Waals surface area contributed by atoms with E-state index in [-0.39, 0.29) is 12.3 Å². The standard InChI is InChI=1S/C23H23NO3/c1-16-7-3-4-9-19(16)15-21(23(26)27-2)24-22(25)14-17-11-12-18-8-5-6-10-20(18)13-17/h3-13,21H,14-15H2,1-2H3,(H,24,25)/t21-/m1/s1. The zero-order valence-electron chi connectivity index (χ0n) is 15.6. The van der Waals surface area contributed by atoms with Crippen molar-refractivity contribution in [3.8, 4) is 0 Å². The minimum atomic E-state index is -0.705. The van der Waals surface area contributed by atoms with Crippen LogP contribution < -0.4 is 5.32 Å². The molecule has 0 bridgehead atoms. The molecule has 0 saturated carbocycles. The molecule has 0 unspecified atom stereocenters. The Hall–Kier alpha value is -3.14. The summed E-state index contributed by atoms with van der Waals surface area (Å²) in [6, 6.07) is 21.1. The second-order valence-electron chi connectivity index (χ2n) is 6.63. The Kier molecular flexibility index (Phi) is 5.87. The van der Waals surface area contributed by atoms with E-state index in [1.807, 2.05) is 73.7 Å². The van der Waals surface area contributed by atoms with E-state index in [1.165, 1.54) is 7.11 Å². The monoisotopic (exact) mass is 361 g/mol. The molecule has 138 valence electrons. The summed E-state index contributed by atoms with van der Waals surface area (Å²) < 4.78 is 4.88. The number of amides is 1. The Morgan fingerprint density at radius 1 is 0.963 bits per heavy atom. The zero-order valence-corrected chi connectivity index (χ0v) is 15.6. The second kappa shape index (κ2) is 8.49. The van der Waals surface area contributed by atoms with Gasteiger partial charge in [-0.2, -0.15) is 0 Å². The van der Waals surface area contributed by atoms with Crippen molar-refractivity contribution in [2.45, 2.75) is 25.8 Å². The molecule has 27 heavy (non-hydrogen) atoms. The molecule has 1 amide bonds. The molecule has 3 aromatic carbocycles. The summed E-state index contributed by atoms with van der Waals surface area (Å²) in [7, 11) is 1.34. The minimum Gasteiger partial charge on any atom is -0.467 e. The van der Waals surface area contributed by atoms with Crippen LogP contribution >= 0.6 is 0 Å². The molecular weight excluding hydrogens is 338 g/mol. The van der Waals surface area contributed by atoms with Crippen LogP contribution in [0.2, 0.25) is 0 Å². The Bertz CT molecular complexity index is 965. The highest BCUT2D eigenvalue weighted by atomic mass is 16.5. The molecule has 0 aromatic heterocycles. The summed E-state index contributed by atoms with van der Waals surface area (Å²) in [5.41, 5.74) is 3.00. The SMILES string of the molecule is COC(=O)[C@@H](Cc1ccccc1C)NC(=O)Cc1ccc2ccccc2c1. The van der Waals surface area contributed by atoms with Gasteiger partial charge in [0.15, 0.2) is 0 Å². The fraction of sp³-hybridized carbons (Fsp3) is 0.217. The van der Waals surface area contributed by atoms with Crippen molar-refractivity contribution in [1.29, 1.82) is 0 Å². The number of methoxy groups -OCH3 is 1. The van der Waals surface area contributed by atoms with Crippen LogP contribution in [-0.2, 0) is 27.2 Å². The van der Waals surface area contributed by atoms with Crippen LogP contribution in [0.5, 0.6) is 0 Å². The number of benzene rings is 3. The van der Waals surface area contributed by atoms with Crippen molar-refractivity contribution in [3.05, 3.63) is 83.4 Å². The number of aryl methyl sites for hydroxylation is 1. The van der Waals surface area contributed by atoms with Crippen LogP contribution in [0.3, 0.4) is 0 Å². The predicted molar refractivity (Wildman–Crippen MR) is 106 cm³/mol. The van der Waals surface area contributed by atoms with Gasteiger partial charge in [0.1, 0.15) is 6.04 Å². The molecular formula is C23H23NO3. The third-order valence-corrected chi connectivity index (χ3v) is 4.68. The molecule has 0 saturated heterocycles. The Morgan fingerprint density at radius 2 is 1.67 bits per heavy atom. The van der Waals surface area contributed by atoms with Gasteiger partial charge in [0.25, 0.3) is 0 Å². The number of hydrogen-bond acceptors (Lipinski definition) is 3. The lowest BCUT2D eigenvalue weighted by atomic mass is 10.0. The van der Waals surface area contributed by atoms with E-state index in [1.54, 1.807) is 0 Å². The van der Waals surface area contributed by atoms with E-state index in [9.17, 15) is 9.59 Å². The van der Waals surface area contributed by atoms with Gasteiger partial charge in [-0.05, 0) is 34.4 Å². The fourth-order valence-electron chi connectivity index (χ4n) is 3.17. The van der Waals surface area contributed by atoms with E-state index >= 15 is 0 Å². The number of nitrogens with one attached hydrogen (secondary N) is 1. The first-order valence-electron chi connectivity index (χ1n) is 8.96. The topological polar surface area (TPSA) is 55.4 Å². The van der Waals surface area contributed by atoms with Gasteiger partial charge in [-0.3, -0.25) is 4.79 Å². The number of ether oxygens (including phenoxy) is 1. The Balaban J connectivity index is 1.71. The van der Waals surface area contributed by atoms with Crippen LogP contribution in [0.25, 0.3) is 10.8 Å². The van der Waals surface area contributed by atoms with Gasteiger partial charge in [0, 0.05) is 6.42 Å². The number of carbonyl (C=O) groups excluding carboxylic acids is 2. The fourth-order valence-corrected chi connectivity index (χ4v) is 3.17. The summed E-state index contributed by atoms with van der Waals surface area (Å²) in [6.07, 6.45) is 0.620. The summed E-state index contributed by atoms with van der Waals surface area (Å²) in [5.74, 6) is -0.639. The molecule has 0 fully saturated rings. The zero-order chi connectivity index (χ0) is 19.2. The highest BCUT2D eigenvalue weighted by Crippen LogP contribution is 2.16. The van der Waals surface area contributed by atoms with E-state index < -0.39 is 12.0 Å². The number of hydrogen-bond donors (Lipinski definition) is 1. The van der Waals surface area contributed by atoms with Gasteiger partial charge in [-0.15, -0.1) is 0 Å². The highest BCUT2D eigenvalue weighted by molar-refractivity contribution is 5.88. The van der Waals surface area contributed by atoms with E-state index in [0.29, 0.717) is 6.42 Å². The molecule has 0 aliphatic carbocycles. The largest absolute Gasteiger partial charge is 0.467 e. The summed E-state index contributed by atoms with van der Waals surface area (Å²) >= 11 is 0. The normalized spacial score (nSPS) is 11.8. The van der Waals surface area contributed by atoms with Crippen molar-refractivity contribution in [3.63, 3.8) is 0 Å². The molecule has 4 nitrogen and oxygen atoms in total. The lowest BCUT2D eigenvalue weighted by Gasteiger charge is -2.18. The molecule has 1 N–H and O–H groups in total. The summed E-state index contributed by atoms with van der Waals surface area (Å²) in [4.78, 5) is 24.7. The predicted octanol–water partition coefficient (Wildman–Crippen LogP) is 3.59. The molecule has 0 aliphatic heterocycles. The Labute approximate surface area is 159 Å². The number of rotatable bonds is 6. The third-order valence-electron chi connectivity index (χ3n) is 4.68. The molecule has 3 rings (SSSR count). The van der Waals surface area contributed by atoms with Crippen molar-refractivity contribution in [1.82, 2.24) is 5.32 Å². The average Bonchev–Trinajstić information content (AvgIpc) is 2.68. The molecule has 4 heteroatoms. The number of fused-ring (bicyclic) bond motifs is 1. The van der Waals surface area contributed by atoms with Crippen LogP contribution in [0.15, 0.2) is 66.7 Å².